The number of hydrogen-bond acceptors (Lipinski definition) is 0. The van der Waals surface area contributed by atoms with E-state index in [4.69, 9.17) is 0 Å². The van der Waals surface area contributed by atoms with Gasteiger partial charge >= 0.3 is 333 Å². The van der Waals surface area contributed by atoms with E-state index in [0.29, 0.717) is 0 Å². The Balaban J connectivity index is 1.04. The van der Waals surface area contributed by atoms with Crippen molar-refractivity contribution in [1.29, 1.82) is 0 Å². The van der Waals surface area contributed by atoms with Crippen LogP contribution in [0.25, 0.3) is 118 Å². The Hall–Kier alpha value is -7.02. The molecule has 0 saturated heterocycles. The summed E-state index contributed by atoms with van der Waals surface area (Å²) in [6, 6.07) is 81.1. The van der Waals surface area contributed by atoms with E-state index >= 15 is 0 Å². The molecule has 0 unspecified atom stereocenters. The molecule has 59 heavy (non-hydrogen) atoms. The predicted octanol–water partition coefficient (Wildman–Crippen LogP) is 16.0. The smallest absolute Gasteiger partial charge is 0.0617 e. The first-order chi connectivity index (χ1) is 29.3. The van der Waals surface area contributed by atoms with E-state index in [1.54, 1.807) is 0 Å². The standard InChI is InChI=1S/C58H36Se/c1-3-16-37(17-4-1)39-20-15-21-40(34-39)56-48-26-11-13-28-50(48)58(51-29-14-12-27-49(51)56)42-30-32-43-52-35-41(31-33-53(52)59-54(43)36-42)57-46-24-9-7-22-44(46)55(38-18-5-2-6-19-38)45-23-8-10-25-47(45)57/h1-36H. The van der Waals surface area contributed by atoms with Crippen LogP contribution in [0.5, 0.6) is 0 Å². The first-order valence-corrected chi connectivity index (χ1v) is 22.0. The van der Waals surface area contributed by atoms with E-state index in [1.165, 1.54) is 118 Å². The summed E-state index contributed by atoms with van der Waals surface area (Å²) in [5.74, 6) is 0. The molecule has 1 heteroatoms. The summed E-state index contributed by atoms with van der Waals surface area (Å²) < 4.78 is 2.90. The van der Waals surface area contributed by atoms with Gasteiger partial charge in [0.2, 0.25) is 0 Å². The van der Waals surface area contributed by atoms with E-state index < -0.39 is 0 Å². The van der Waals surface area contributed by atoms with Crippen molar-refractivity contribution in [3.63, 3.8) is 0 Å². The third-order valence-corrected chi connectivity index (χ3v) is 14.6. The van der Waals surface area contributed by atoms with Crippen molar-refractivity contribution in [2.24, 2.45) is 0 Å². The fourth-order valence-electron chi connectivity index (χ4n) is 9.68. The number of benzene rings is 11. The topological polar surface area (TPSA) is 0 Å². The van der Waals surface area contributed by atoms with Crippen molar-refractivity contribution in [3.8, 4) is 55.6 Å². The summed E-state index contributed by atoms with van der Waals surface area (Å²) in [6.07, 6.45) is 0. The zero-order valence-electron chi connectivity index (χ0n) is 32.2. The normalized spacial score (nSPS) is 11.7. The van der Waals surface area contributed by atoms with Crippen molar-refractivity contribution in [2.75, 3.05) is 0 Å². The van der Waals surface area contributed by atoms with Crippen molar-refractivity contribution in [1.82, 2.24) is 0 Å². The molecule has 0 amide bonds. The third-order valence-electron chi connectivity index (χ3n) is 12.2. The van der Waals surface area contributed by atoms with Crippen LogP contribution in [0.15, 0.2) is 218 Å². The third kappa shape index (κ3) is 5.51. The molecule has 0 spiro atoms. The average molecular weight is 812 g/mol. The summed E-state index contributed by atoms with van der Waals surface area (Å²) in [7, 11) is 0. The van der Waals surface area contributed by atoms with Gasteiger partial charge in [0, 0.05) is 0 Å². The first-order valence-electron chi connectivity index (χ1n) is 20.3. The Kier molecular flexibility index (Phi) is 7.98. The minimum Gasteiger partial charge on any atom is -0.0617 e. The second-order valence-corrected chi connectivity index (χ2v) is 17.8. The fraction of sp³-hybridized carbons (Fsp3) is 0. The molecule has 0 saturated carbocycles. The van der Waals surface area contributed by atoms with Crippen LogP contribution in [0.3, 0.4) is 0 Å². The van der Waals surface area contributed by atoms with Gasteiger partial charge in [-0.05, 0) is 0 Å². The fourth-order valence-corrected chi connectivity index (χ4v) is 12.0. The Labute approximate surface area is 349 Å². The molecule has 0 aliphatic carbocycles. The van der Waals surface area contributed by atoms with E-state index in [2.05, 4.69) is 218 Å². The molecule has 11 aromatic carbocycles. The van der Waals surface area contributed by atoms with Gasteiger partial charge in [-0.3, -0.25) is 0 Å². The van der Waals surface area contributed by atoms with Crippen LogP contribution in [-0.4, -0.2) is 14.5 Å². The molecule has 0 fully saturated rings. The average Bonchev–Trinajstić information content (AvgIpc) is 3.67. The van der Waals surface area contributed by atoms with Crippen molar-refractivity contribution < 1.29 is 0 Å². The van der Waals surface area contributed by atoms with Crippen LogP contribution in [-0.2, 0) is 0 Å². The van der Waals surface area contributed by atoms with Crippen LogP contribution in [0.1, 0.15) is 0 Å². The molecule has 12 rings (SSSR count). The summed E-state index contributed by atoms with van der Waals surface area (Å²) >= 11 is 0.198. The van der Waals surface area contributed by atoms with Crippen LogP contribution >= 0.6 is 0 Å². The molecule has 12 aromatic rings. The molecule has 0 radical (unpaired) electrons. The zero-order valence-corrected chi connectivity index (χ0v) is 33.9. The Bertz CT molecular complexity index is 3480. The van der Waals surface area contributed by atoms with Gasteiger partial charge in [0.1, 0.15) is 0 Å². The Morgan fingerprint density at radius 3 is 1.07 bits per heavy atom. The van der Waals surface area contributed by atoms with Crippen LogP contribution in [0.2, 0.25) is 0 Å². The maximum absolute atomic E-state index is 2.50. The first kappa shape index (κ1) is 34.1. The number of fused-ring (bicyclic) bond motifs is 7. The second kappa shape index (κ2) is 13.8. The monoisotopic (exact) mass is 812 g/mol. The molecule has 0 atom stereocenters. The summed E-state index contributed by atoms with van der Waals surface area (Å²) in [4.78, 5) is 0. The summed E-state index contributed by atoms with van der Waals surface area (Å²) in [6.45, 7) is 0. The van der Waals surface area contributed by atoms with Gasteiger partial charge in [0.15, 0.2) is 0 Å². The Morgan fingerprint density at radius 1 is 0.186 bits per heavy atom. The van der Waals surface area contributed by atoms with Gasteiger partial charge < -0.3 is 0 Å². The van der Waals surface area contributed by atoms with Gasteiger partial charge in [0.05, 0.1) is 0 Å². The maximum atomic E-state index is 2.50. The molecule has 0 bridgehead atoms. The summed E-state index contributed by atoms with van der Waals surface area (Å²) in [5, 5.41) is 13.0. The minimum absolute atomic E-state index is 0.198. The number of rotatable bonds is 5. The van der Waals surface area contributed by atoms with Crippen molar-refractivity contribution >= 4 is 76.9 Å². The molecular formula is C58H36Se. The zero-order chi connectivity index (χ0) is 38.9. The minimum atomic E-state index is 0.198. The van der Waals surface area contributed by atoms with Gasteiger partial charge in [0.25, 0.3) is 0 Å². The Morgan fingerprint density at radius 2 is 0.559 bits per heavy atom. The molecule has 1 aromatic heterocycles. The van der Waals surface area contributed by atoms with Crippen molar-refractivity contribution in [2.45, 2.75) is 0 Å². The molecule has 274 valence electrons. The number of hydrogen-bond donors (Lipinski definition) is 0. The van der Waals surface area contributed by atoms with Gasteiger partial charge in [-0.2, -0.15) is 0 Å². The van der Waals surface area contributed by atoms with Gasteiger partial charge in [-0.1, -0.05) is 18.2 Å². The van der Waals surface area contributed by atoms with Gasteiger partial charge in [-0.25, -0.2) is 0 Å². The predicted molar refractivity (Wildman–Crippen MR) is 256 cm³/mol. The molecule has 0 N–H and O–H groups in total. The van der Waals surface area contributed by atoms with E-state index in [0.717, 1.165) is 0 Å². The summed E-state index contributed by atoms with van der Waals surface area (Å²) in [5.41, 5.74) is 12.7. The van der Waals surface area contributed by atoms with Crippen LogP contribution in [0.4, 0.5) is 0 Å². The van der Waals surface area contributed by atoms with E-state index in [9.17, 15) is 0 Å². The molecule has 0 nitrogen and oxygen atoms in total. The van der Waals surface area contributed by atoms with E-state index in [1.807, 2.05) is 0 Å². The molecule has 1 heterocycles. The van der Waals surface area contributed by atoms with E-state index in [-0.39, 0.29) is 14.5 Å². The van der Waals surface area contributed by atoms with Crippen LogP contribution < -0.4 is 0 Å². The molecular weight excluding hydrogens is 776 g/mol. The second-order valence-electron chi connectivity index (χ2n) is 15.5. The van der Waals surface area contributed by atoms with Crippen molar-refractivity contribution in [3.05, 3.63) is 218 Å². The molecule has 0 aliphatic heterocycles. The van der Waals surface area contributed by atoms with Gasteiger partial charge in [-0.15, -0.1) is 0 Å². The van der Waals surface area contributed by atoms with Crippen LogP contribution in [0, 0.1) is 0 Å². The SMILES string of the molecule is c1ccc(-c2cccc(-c3c4ccccc4c(-c4ccc5c(c4)[se]c4ccc(-c6c7ccccc7c(-c7ccccc7)c7ccccc67)cc45)c4ccccc34)c2)cc1. The molecule has 0 aliphatic rings. The quantitative estimate of drug-likeness (QED) is 0.120.